The van der Waals surface area contributed by atoms with E-state index in [2.05, 4.69) is 4.98 Å². The quantitative estimate of drug-likeness (QED) is 0.674. The molecule has 14 heavy (non-hydrogen) atoms. The van der Waals surface area contributed by atoms with Crippen LogP contribution in [0.3, 0.4) is 0 Å². The van der Waals surface area contributed by atoms with Crippen LogP contribution in [0, 0.1) is 0 Å². The number of hydrogen-bond donors (Lipinski definition) is 2. The third-order valence-electron chi connectivity index (χ3n) is 1.78. The lowest BCUT2D eigenvalue weighted by Gasteiger charge is -2.07. The summed E-state index contributed by atoms with van der Waals surface area (Å²) in [5.74, 6) is -0.0335. The van der Waals surface area contributed by atoms with E-state index in [1.165, 1.54) is 7.11 Å². The molecule has 5 nitrogen and oxygen atoms in total. The van der Waals surface area contributed by atoms with Crippen LogP contribution in [0.25, 0.3) is 0 Å². The summed E-state index contributed by atoms with van der Waals surface area (Å²) in [4.78, 5) is 14.8. The third kappa shape index (κ3) is 2.70. The highest BCUT2D eigenvalue weighted by molar-refractivity contribution is 5.79. The average molecular weight is 195 g/mol. The molecule has 0 radical (unpaired) electrons. The van der Waals surface area contributed by atoms with Crippen LogP contribution in [-0.2, 0) is 11.2 Å². The van der Waals surface area contributed by atoms with Crippen molar-refractivity contribution in [2.75, 3.05) is 7.11 Å². The van der Waals surface area contributed by atoms with Gasteiger partial charge in [-0.15, -0.1) is 0 Å². The highest BCUT2D eigenvalue weighted by Gasteiger charge is 2.10. The molecule has 1 heterocycles. The summed E-state index contributed by atoms with van der Waals surface area (Å²) in [6.07, 6.45) is 0.326. The molecule has 76 valence electrons. The lowest BCUT2D eigenvalue weighted by atomic mass is 10.1. The van der Waals surface area contributed by atoms with E-state index in [4.69, 9.17) is 16.2 Å². The zero-order chi connectivity index (χ0) is 10.6. The topological polar surface area (TPSA) is 91.2 Å². The Hall–Kier alpha value is -1.62. The summed E-state index contributed by atoms with van der Waals surface area (Å²) in [7, 11) is 1.53. The number of pyridine rings is 1. The number of nitrogens with zero attached hydrogens (tertiary/aromatic N) is 1. The zero-order valence-corrected chi connectivity index (χ0v) is 7.93. The Morgan fingerprint density at radius 3 is 2.93 bits per heavy atom. The fourth-order valence-corrected chi connectivity index (χ4v) is 1.01. The third-order valence-corrected chi connectivity index (χ3v) is 1.78. The number of amides is 1. The smallest absolute Gasteiger partial charge is 0.234 e. The number of carbonyl (C=O) groups is 1. The van der Waals surface area contributed by atoms with Crippen LogP contribution in [-0.4, -0.2) is 24.0 Å². The monoisotopic (exact) mass is 195 g/mol. The molecule has 1 aromatic heterocycles. The predicted molar refractivity (Wildman–Crippen MR) is 51.7 cm³/mol. The fourth-order valence-electron chi connectivity index (χ4n) is 1.01. The van der Waals surface area contributed by atoms with Crippen molar-refractivity contribution < 1.29 is 9.53 Å². The summed E-state index contributed by atoms with van der Waals surface area (Å²) < 4.78 is 4.93. The Kier molecular flexibility index (Phi) is 3.41. The molecule has 0 saturated carbocycles. The molecule has 1 unspecified atom stereocenters. The Labute approximate surface area is 82.1 Å². The first-order valence-electron chi connectivity index (χ1n) is 4.18. The van der Waals surface area contributed by atoms with Crippen LogP contribution in [0.2, 0.25) is 0 Å². The molecule has 0 aliphatic heterocycles. The normalized spacial score (nSPS) is 12.1. The molecule has 1 atom stereocenters. The fraction of sp³-hybridized carbons (Fsp3) is 0.333. The van der Waals surface area contributed by atoms with E-state index in [0.29, 0.717) is 18.0 Å². The molecular formula is C9H13N3O2. The van der Waals surface area contributed by atoms with Gasteiger partial charge in [0.15, 0.2) is 0 Å². The van der Waals surface area contributed by atoms with Crippen molar-refractivity contribution >= 4 is 5.91 Å². The van der Waals surface area contributed by atoms with Crippen LogP contribution in [0.1, 0.15) is 5.69 Å². The highest BCUT2D eigenvalue weighted by atomic mass is 16.5. The van der Waals surface area contributed by atoms with Gasteiger partial charge in [0.25, 0.3) is 0 Å². The van der Waals surface area contributed by atoms with Crippen molar-refractivity contribution in [3.8, 4) is 5.88 Å². The number of rotatable bonds is 4. The van der Waals surface area contributed by atoms with Gasteiger partial charge in [-0.25, -0.2) is 4.98 Å². The molecule has 1 amide bonds. The molecule has 5 heteroatoms. The Balaban J connectivity index is 2.71. The molecule has 0 aromatic carbocycles. The van der Waals surface area contributed by atoms with Crippen LogP contribution in [0.15, 0.2) is 18.2 Å². The number of aromatic nitrogens is 1. The van der Waals surface area contributed by atoms with Crippen molar-refractivity contribution in [3.63, 3.8) is 0 Å². The minimum Gasteiger partial charge on any atom is -0.481 e. The number of nitrogens with two attached hydrogens (primary N) is 2. The zero-order valence-electron chi connectivity index (χ0n) is 7.93. The van der Waals surface area contributed by atoms with Crippen LogP contribution in [0.4, 0.5) is 0 Å². The van der Waals surface area contributed by atoms with E-state index in [-0.39, 0.29) is 0 Å². The van der Waals surface area contributed by atoms with Gasteiger partial charge in [0.1, 0.15) is 0 Å². The van der Waals surface area contributed by atoms with Gasteiger partial charge in [0, 0.05) is 18.2 Å². The first-order valence-corrected chi connectivity index (χ1v) is 4.18. The highest BCUT2D eigenvalue weighted by Crippen LogP contribution is 2.07. The SMILES string of the molecule is COc1cccc(CC(N)C(N)=O)n1. The first-order chi connectivity index (χ1) is 6.63. The predicted octanol–water partition coefficient (Wildman–Crippen LogP) is -0.555. The minimum absolute atomic E-state index is 0.326. The maximum atomic E-state index is 10.7. The summed E-state index contributed by atoms with van der Waals surface area (Å²) in [5, 5.41) is 0. The van der Waals surface area contributed by atoms with Crippen molar-refractivity contribution in [1.82, 2.24) is 4.98 Å². The van der Waals surface area contributed by atoms with E-state index in [1.54, 1.807) is 18.2 Å². The van der Waals surface area contributed by atoms with E-state index in [9.17, 15) is 4.79 Å². The van der Waals surface area contributed by atoms with E-state index in [1.807, 2.05) is 0 Å². The molecule has 0 saturated heterocycles. The maximum absolute atomic E-state index is 10.7. The first kappa shape index (κ1) is 10.5. The molecule has 0 aliphatic rings. The largest absolute Gasteiger partial charge is 0.481 e. The maximum Gasteiger partial charge on any atom is 0.234 e. The van der Waals surface area contributed by atoms with Gasteiger partial charge in [-0.3, -0.25) is 4.79 Å². The Morgan fingerprint density at radius 2 is 2.36 bits per heavy atom. The molecule has 0 aliphatic carbocycles. The van der Waals surface area contributed by atoms with Crippen molar-refractivity contribution in [3.05, 3.63) is 23.9 Å². The summed E-state index contributed by atoms with van der Waals surface area (Å²) in [6.45, 7) is 0. The lowest BCUT2D eigenvalue weighted by molar-refractivity contribution is -0.119. The number of ether oxygens (including phenoxy) is 1. The summed E-state index contributed by atoms with van der Waals surface area (Å²) in [5.41, 5.74) is 11.2. The van der Waals surface area contributed by atoms with Crippen molar-refractivity contribution in [2.45, 2.75) is 12.5 Å². The van der Waals surface area contributed by atoms with Gasteiger partial charge >= 0.3 is 0 Å². The molecule has 1 aromatic rings. The van der Waals surface area contributed by atoms with Gasteiger partial charge in [0.05, 0.1) is 13.2 Å². The van der Waals surface area contributed by atoms with Crippen LogP contribution < -0.4 is 16.2 Å². The second-order valence-corrected chi connectivity index (χ2v) is 2.88. The van der Waals surface area contributed by atoms with E-state index < -0.39 is 11.9 Å². The van der Waals surface area contributed by atoms with Crippen molar-refractivity contribution in [2.24, 2.45) is 11.5 Å². The van der Waals surface area contributed by atoms with Gasteiger partial charge in [-0.05, 0) is 6.07 Å². The molecule has 0 spiro atoms. The lowest BCUT2D eigenvalue weighted by Crippen LogP contribution is -2.38. The van der Waals surface area contributed by atoms with Gasteiger partial charge in [-0.1, -0.05) is 6.07 Å². The number of carbonyl (C=O) groups excluding carboxylic acids is 1. The van der Waals surface area contributed by atoms with E-state index >= 15 is 0 Å². The van der Waals surface area contributed by atoms with Crippen LogP contribution in [0.5, 0.6) is 5.88 Å². The minimum atomic E-state index is -0.699. The summed E-state index contributed by atoms with van der Waals surface area (Å²) >= 11 is 0. The molecule has 4 N–H and O–H groups in total. The van der Waals surface area contributed by atoms with Gasteiger partial charge in [-0.2, -0.15) is 0 Å². The number of primary amides is 1. The van der Waals surface area contributed by atoms with Crippen molar-refractivity contribution in [1.29, 1.82) is 0 Å². The number of hydrogen-bond acceptors (Lipinski definition) is 4. The van der Waals surface area contributed by atoms with Gasteiger partial charge < -0.3 is 16.2 Å². The summed E-state index contributed by atoms with van der Waals surface area (Å²) in [6, 6.07) is 4.58. The molecular weight excluding hydrogens is 182 g/mol. The number of methoxy groups -OCH3 is 1. The standard InChI is InChI=1S/C9H13N3O2/c1-14-8-4-2-3-6(12-8)5-7(10)9(11)13/h2-4,7H,5,10H2,1H3,(H2,11,13). The van der Waals surface area contributed by atoms with Gasteiger partial charge in [0.2, 0.25) is 11.8 Å². The van der Waals surface area contributed by atoms with E-state index in [0.717, 1.165) is 0 Å². The Bertz CT molecular complexity index is 328. The second-order valence-electron chi connectivity index (χ2n) is 2.88. The Morgan fingerprint density at radius 1 is 1.64 bits per heavy atom. The van der Waals surface area contributed by atoms with Crippen LogP contribution >= 0.6 is 0 Å². The second kappa shape index (κ2) is 4.57. The molecule has 1 rings (SSSR count). The molecule has 0 bridgehead atoms. The molecule has 0 fully saturated rings. The average Bonchev–Trinajstić information content (AvgIpc) is 2.18.